The lowest BCUT2D eigenvalue weighted by Gasteiger charge is -2.39. The minimum Gasteiger partial charge on any atom is -0.388 e. The van der Waals surface area contributed by atoms with Gasteiger partial charge in [0.1, 0.15) is 11.7 Å². The molecule has 1 fully saturated rings. The van der Waals surface area contributed by atoms with Gasteiger partial charge in [0.15, 0.2) is 11.5 Å². The predicted molar refractivity (Wildman–Crippen MR) is 121 cm³/mol. The van der Waals surface area contributed by atoms with Gasteiger partial charge in [0.2, 0.25) is 0 Å². The fourth-order valence-corrected chi connectivity index (χ4v) is 6.05. The van der Waals surface area contributed by atoms with Gasteiger partial charge >= 0.3 is 6.18 Å². The highest BCUT2D eigenvalue weighted by Crippen LogP contribution is 2.49. The molecule has 6 bridgehead atoms. The normalized spacial score (nSPS) is 28.3. The number of hydrogen-bond donors (Lipinski definition) is 1. The van der Waals surface area contributed by atoms with E-state index in [1.54, 1.807) is 17.4 Å². The van der Waals surface area contributed by atoms with Crippen LogP contribution in [0.25, 0.3) is 28.1 Å². The van der Waals surface area contributed by atoms with Crippen molar-refractivity contribution in [2.24, 2.45) is 5.92 Å². The molecule has 34 heavy (non-hydrogen) atoms. The van der Waals surface area contributed by atoms with Gasteiger partial charge in [0, 0.05) is 30.6 Å². The van der Waals surface area contributed by atoms with Crippen molar-refractivity contribution in [2.45, 2.75) is 44.0 Å². The van der Waals surface area contributed by atoms with Crippen LogP contribution in [0.4, 0.5) is 13.2 Å². The van der Waals surface area contributed by atoms with Crippen LogP contribution in [-0.2, 0) is 5.41 Å². The number of aliphatic hydroxyl groups is 1. The van der Waals surface area contributed by atoms with E-state index in [1.165, 1.54) is 17.2 Å². The molecular weight excluding hydrogens is 443 g/mol. The number of fused-ring (bicyclic) bond motifs is 5. The quantitative estimate of drug-likeness (QED) is 0.412. The summed E-state index contributed by atoms with van der Waals surface area (Å²) in [7, 11) is 0. The summed E-state index contributed by atoms with van der Waals surface area (Å²) in [6, 6.07) is 10.7. The summed E-state index contributed by atoms with van der Waals surface area (Å²) in [5, 5.41) is 20.8. The van der Waals surface area contributed by atoms with Crippen molar-refractivity contribution in [3.8, 4) is 11.5 Å². The second kappa shape index (κ2) is 6.76. The van der Waals surface area contributed by atoms with E-state index < -0.39 is 29.2 Å². The molecule has 0 amide bonds. The number of benzene rings is 1. The lowest BCUT2D eigenvalue weighted by molar-refractivity contribution is -0.185. The van der Waals surface area contributed by atoms with E-state index in [4.69, 9.17) is 4.98 Å². The van der Waals surface area contributed by atoms with Gasteiger partial charge in [0.25, 0.3) is 0 Å². The maximum absolute atomic E-state index is 14.5. The number of nitrogens with zero attached hydrogens (tertiary/aromatic N) is 5. The maximum atomic E-state index is 14.5. The van der Waals surface area contributed by atoms with Crippen molar-refractivity contribution >= 4 is 16.6 Å². The van der Waals surface area contributed by atoms with Crippen molar-refractivity contribution in [2.75, 3.05) is 13.1 Å². The zero-order valence-corrected chi connectivity index (χ0v) is 19.0. The van der Waals surface area contributed by atoms with E-state index in [2.05, 4.69) is 10.2 Å². The van der Waals surface area contributed by atoms with E-state index in [9.17, 15) is 18.3 Å². The summed E-state index contributed by atoms with van der Waals surface area (Å²) in [6.07, 6.45) is -3.08. The molecule has 1 saturated heterocycles. The lowest BCUT2D eigenvalue weighted by Crippen LogP contribution is -2.44. The molecule has 1 aromatic carbocycles. The van der Waals surface area contributed by atoms with Gasteiger partial charge < -0.3 is 5.11 Å². The van der Waals surface area contributed by atoms with Crippen molar-refractivity contribution in [1.82, 2.24) is 24.5 Å². The predicted octanol–water partition coefficient (Wildman–Crippen LogP) is 4.52. The molecule has 0 saturated carbocycles. The third-order valence-corrected chi connectivity index (χ3v) is 7.62. The molecule has 1 N–H and O–H groups in total. The third kappa shape index (κ3) is 2.99. The van der Waals surface area contributed by atoms with Crippen LogP contribution in [0.15, 0.2) is 48.7 Å². The van der Waals surface area contributed by atoms with Gasteiger partial charge in [-0.1, -0.05) is 44.2 Å². The lowest BCUT2D eigenvalue weighted by atomic mass is 9.67. The largest absolute Gasteiger partial charge is 0.408 e. The molecule has 2 aliphatic heterocycles. The minimum absolute atomic E-state index is 0.0770. The summed E-state index contributed by atoms with van der Waals surface area (Å²) in [4.78, 5) is 6.28. The van der Waals surface area contributed by atoms with Crippen LogP contribution in [0.1, 0.15) is 37.9 Å². The summed E-state index contributed by atoms with van der Waals surface area (Å²) >= 11 is 0. The zero-order chi connectivity index (χ0) is 24.0. The Labute approximate surface area is 194 Å². The summed E-state index contributed by atoms with van der Waals surface area (Å²) in [5.74, 6) is -0.0669. The van der Waals surface area contributed by atoms with Crippen LogP contribution >= 0.6 is 0 Å². The molecule has 4 aromatic rings. The molecule has 0 aliphatic carbocycles. The number of alkyl halides is 3. The van der Waals surface area contributed by atoms with Crippen LogP contribution < -0.4 is 0 Å². The molecular formula is C25H24F3N5O. The molecule has 6 nitrogen and oxygen atoms in total. The third-order valence-electron chi connectivity index (χ3n) is 7.62. The number of para-hydroxylation sites is 1. The molecule has 0 radical (unpaired) electrons. The van der Waals surface area contributed by atoms with Gasteiger partial charge in [-0.2, -0.15) is 13.2 Å². The monoisotopic (exact) mass is 467 g/mol. The van der Waals surface area contributed by atoms with Crippen LogP contribution in [-0.4, -0.2) is 54.5 Å². The standard InChI is InChI=1S/C25H24F3N5O/c1-23(2)16-6-4-5-14-7-9-17(29-20(14)16)22-31-30-19-10-8-15(11-33(19)22)21(25(26,27)28)32-12-18(23)24(3,34)13-32/h4-11,18,21,34H,12-13H2,1-3H3/t18?,21-,24?/m1/s1. The Bertz CT molecular complexity index is 1440. The summed E-state index contributed by atoms with van der Waals surface area (Å²) < 4.78 is 45.2. The first kappa shape index (κ1) is 21.5. The number of pyridine rings is 2. The van der Waals surface area contributed by atoms with E-state index in [1.807, 2.05) is 44.2 Å². The Hall–Kier alpha value is -3.04. The Kier molecular flexibility index (Phi) is 4.27. The Morgan fingerprint density at radius 1 is 1.03 bits per heavy atom. The second-order valence-corrected chi connectivity index (χ2v) is 10.3. The summed E-state index contributed by atoms with van der Waals surface area (Å²) in [5.41, 5.74) is 0.688. The van der Waals surface area contributed by atoms with Crippen LogP contribution in [0.2, 0.25) is 0 Å². The number of rotatable bonds is 0. The molecule has 176 valence electrons. The van der Waals surface area contributed by atoms with Crippen LogP contribution in [0.3, 0.4) is 0 Å². The van der Waals surface area contributed by atoms with Gasteiger partial charge in [-0.05, 0) is 35.6 Å². The van der Waals surface area contributed by atoms with Crippen molar-refractivity contribution in [1.29, 1.82) is 0 Å². The van der Waals surface area contributed by atoms with Crippen LogP contribution in [0, 0.1) is 5.92 Å². The molecule has 3 aromatic heterocycles. The van der Waals surface area contributed by atoms with Crippen molar-refractivity contribution in [3.63, 3.8) is 0 Å². The van der Waals surface area contributed by atoms with Gasteiger partial charge in [0.05, 0.1) is 11.1 Å². The van der Waals surface area contributed by atoms with Gasteiger partial charge in [-0.15, -0.1) is 10.2 Å². The Balaban J connectivity index is 1.72. The van der Waals surface area contributed by atoms with E-state index in [0.717, 1.165) is 16.5 Å². The van der Waals surface area contributed by atoms with Gasteiger partial charge in [-0.3, -0.25) is 9.30 Å². The van der Waals surface area contributed by atoms with Crippen molar-refractivity contribution < 1.29 is 18.3 Å². The fourth-order valence-electron chi connectivity index (χ4n) is 6.05. The molecule has 5 heterocycles. The highest BCUT2D eigenvalue weighted by Gasteiger charge is 2.56. The number of halogens is 3. The first-order valence-electron chi connectivity index (χ1n) is 11.3. The number of hydrogen-bond acceptors (Lipinski definition) is 5. The highest BCUT2D eigenvalue weighted by molar-refractivity contribution is 5.85. The minimum atomic E-state index is -4.53. The molecule has 0 spiro atoms. The average molecular weight is 467 g/mol. The van der Waals surface area contributed by atoms with Gasteiger partial charge in [-0.25, -0.2) is 4.98 Å². The maximum Gasteiger partial charge on any atom is 0.408 e. The molecule has 3 unspecified atom stereocenters. The van der Waals surface area contributed by atoms with E-state index >= 15 is 0 Å². The topological polar surface area (TPSA) is 66.5 Å². The summed E-state index contributed by atoms with van der Waals surface area (Å²) in [6.45, 7) is 5.60. The molecule has 4 atom stereocenters. The molecule has 2 aliphatic rings. The molecule has 9 heteroatoms. The SMILES string of the molecule is CC1(O)CN2CC1C(C)(C)c1cccc3ccc(nc13)-c1nnc3ccc(cn13)[C@@H]2C(F)(F)F. The fraction of sp³-hybridized carbons (Fsp3) is 0.400. The highest BCUT2D eigenvalue weighted by atomic mass is 19.4. The first-order valence-corrected chi connectivity index (χ1v) is 11.3. The smallest absolute Gasteiger partial charge is 0.388 e. The second-order valence-electron chi connectivity index (χ2n) is 10.3. The zero-order valence-electron chi connectivity index (χ0n) is 19.0. The first-order chi connectivity index (χ1) is 16.0. The van der Waals surface area contributed by atoms with Crippen LogP contribution in [0.5, 0.6) is 0 Å². The average Bonchev–Trinajstić information content (AvgIpc) is 3.31. The number of aromatic nitrogens is 4. The Morgan fingerprint density at radius 3 is 2.59 bits per heavy atom. The molecule has 6 rings (SSSR count). The van der Waals surface area contributed by atoms with E-state index in [0.29, 0.717) is 17.2 Å². The van der Waals surface area contributed by atoms with E-state index in [-0.39, 0.29) is 18.7 Å². The Morgan fingerprint density at radius 2 is 1.82 bits per heavy atom. The van der Waals surface area contributed by atoms with Crippen molar-refractivity contribution in [3.05, 3.63) is 59.8 Å².